The van der Waals surface area contributed by atoms with Gasteiger partial charge in [0.2, 0.25) is 0 Å². The fourth-order valence-corrected chi connectivity index (χ4v) is 5.31. The molecule has 1 atom stereocenters. The lowest BCUT2D eigenvalue weighted by Gasteiger charge is -2.18. The number of carbonyl (C=O) groups excluding carboxylic acids is 3. The van der Waals surface area contributed by atoms with Crippen molar-refractivity contribution in [1.29, 1.82) is 0 Å². The Morgan fingerprint density at radius 2 is 0.651 bits per heavy atom. The van der Waals surface area contributed by atoms with Crippen LogP contribution in [0.25, 0.3) is 0 Å². The molecule has 0 spiro atoms. The molecule has 0 aliphatic heterocycles. The number of unbranched alkanes of at least 4 members (excludes halogenated alkanes) is 8. The zero-order valence-electron chi connectivity index (χ0n) is 39.0. The fraction of sp³-hybridized carbons (Fsp3) is 0.421. The van der Waals surface area contributed by atoms with E-state index in [9.17, 15) is 14.4 Å². The van der Waals surface area contributed by atoms with E-state index in [4.69, 9.17) is 14.2 Å². The minimum absolute atomic E-state index is 0.140. The van der Waals surface area contributed by atoms with Crippen molar-refractivity contribution in [3.05, 3.63) is 182 Å². The van der Waals surface area contributed by atoms with Crippen molar-refractivity contribution < 1.29 is 28.6 Å². The topological polar surface area (TPSA) is 78.9 Å². The fourth-order valence-electron chi connectivity index (χ4n) is 5.31. The van der Waals surface area contributed by atoms with Crippen LogP contribution in [0, 0.1) is 0 Å². The van der Waals surface area contributed by atoms with Crippen LogP contribution in [0.3, 0.4) is 0 Å². The maximum atomic E-state index is 12.7. The third-order valence-corrected chi connectivity index (χ3v) is 8.74. The smallest absolute Gasteiger partial charge is 0.306 e. The van der Waals surface area contributed by atoms with Gasteiger partial charge in [0.1, 0.15) is 13.2 Å². The molecule has 0 fully saturated rings. The summed E-state index contributed by atoms with van der Waals surface area (Å²) in [6.07, 6.45) is 74.5. The molecule has 6 nitrogen and oxygen atoms in total. The van der Waals surface area contributed by atoms with Gasteiger partial charge >= 0.3 is 17.9 Å². The van der Waals surface area contributed by atoms with Gasteiger partial charge < -0.3 is 14.2 Å². The molecule has 0 aromatic rings. The maximum Gasteiger partial charge on any atom is 0.306 e. The van der Waals surface area contributed by atoms with Crippen LogP contribution in [0.4, 0.5) is 0 Å². The molecule has 0 saturated carbocycles. The highest BCUT2D eigenvalue weighted by Crippen LogP contribution is 2.10. The first-order chi connectivity index (χ1) is 31.0. The summed E-state index contributed by atoms with van der Waals surface area (Å²) in [7, 11) is 0. The molecule has 0 heterocycles. The van der Waals surface area contributed by atoms with Crippen LogP contribution in [-0.4, -0.2) is 37.2 Å². The van der Waals surface area contributed by atoms with Crippen LogP contribution in [0.5, 0.6) is 0 Å². The van der Waals surface area contributed by atoms with Crippen molar-refractivity contribution in [3.8, 4) is 0 Å². The quantitative estimate of drug-likeness (QED) is 0.0202. The van der Waals surface area contributed by atoms with E-state index >= 15 is 0 Å². The summed E-state index contributed by atoms with van der Waals surface area (Å²) >= 11 is 0. The summed E-state index contributed by atoms with van der Waals surface area (Å²) in [5, 5.41) is 0. The molecule has 0 N–H and O–H groups in total. The van der Waals surface area contributed by atoms with Crippen molar-refractivity contribution in [3.63, 3.8) is 0 Å². The largest absolute Gasteiger partial charge is 0.462 e. The Morgan fingerprint density at radius 3 is 1.06 bits per heavy atom. The van der Waals surface area contributed by atoms with Gasteiger partial charge in [0.15, 0.2) is 6.10 Å². The van der Waals surface area contributed by atoms with Crippen LogP contribution in [0.2, 0.25) is 0 Å². The van der Waals surface area contributed by atoms with E-state index in [1.54, 1.807) is 0 Å². The van der Waals surface area contributed by atoms with Crippen molar-refractivity contribution in [2.75, 3.05) is 13.2 Å². The van der Waals surface area contributed by atoms with Gasteiger partial charge in [-0.3, -0.25) is 14.4 Å². The predicted molar refractivity (Wildman–Crippen MR) is 269 cm³/mol. The Bertz CT molecular complexity index is 1600. The molecule has 0 aliphatic carbocycles. The van der Waals surface area contributed by atoms with Crippen molar-refractivity contribution in [2.45, 2.75) is 142 Å². The van der Waals surface area contributed by atoms with E-state index in [0.29, 0.717) is 19.3 Å². The molecule has 1 unspecified atom stereocenters. The van der Waals surface area contributed by atoms with Crippen LogP contribution in [0.1, 0.15) is 136 Å². The third kappa shape index (κ3) is 47.4. The lowest BCUT2D eigenvalue weighted by Crippen LogP contribution is -2.30. The predicted octanol–water partition coefficient (Wildman–Crippen LogP) is 15.4. The molecule has 0 rings (SSSR count). The number of rotatable bonds is 38. The summed E-state index contributed by atoms with van der Waals surface area (Å²) in [4.78, 5) is 37.8. The molecule has 63 heavy (non-hydrogen) atoms. The molecule has 6 heteroatoms. The van der Waals surface area contributed by atoms with Gasteiger partial charge in [-0.05, 0) is 83.5 Å². The van der Waals surface area contributed by atoms with Crippen molar-refractivity contribution in [2.24, 2.45) is 0 Å². The molecule has 0 amide bonds. The third-order valence-electron chi connectivity index (χ3n) is 8.74. The van der Waals surface area contributed by atoms with Crippen molar-refractivity contribution >= 4 is 17.9 Å². The Morgan fingerprint density at radius 1 is 0.333 bits per heavy atom. The number of hydrogen-bond acceptors (Lipinski definition) is 6. The van der Waals surface area contributed by atoms with Crippen molar-refractivity contribution in [1.82, 2.24) is 0 Å². The highest BCUT2D eigenvalue weighted by atomic mass is 16.6. The van der Waals surface area contributed by atoms with E-state index in [-0.39, 0.29) is 50.4 Å². The highest BCUT2D eigenvalue weighted by Gasteiger charge is 2.19. The van der Waals surface area contributed by atoms with Gasteiger partial charge in [-0.15, -0.1) is 0 Å². The SMILES string of the molecule is CC\C=C/C=C\C=C/C=C\C=C\C=C/C=C\CCCCCC(=O)OCC(COC(=O)CCCC/C=C\C/C=C\CC)OC(=O)CCCCC\C=C/C=C/C=C\C=C/C=C\C=C/CC. The summed E-state index contributed by atoms with van der Waals surface area (Å²) in [5.74, 6) is -1.09. The van der Waals surface area contributed by atoms with Gasteiger partial charge in [0.05, 0.1) is 0 Å². The second-order valence-corrected chi connectivity index (χ2v) is 14.5. The minimum atomic E-state index is -0.843. The van der Waals surface area contributed by atoms with Crippen LogP contribution in [-0.2, 0) is 28.6 Å². The zero-order valence-corrected chi connectivity index (χ0v) is 39.0. The Balaban J connectivity index is 4.63. The first-order valence-electron chi connectivity index (χ1n) is 23.5. The molecule has 0 radical (unpaired) electrons. The van der Waals surface area contributed by atoms with Gasteiger partial charge in [-0.2, -0.15) is 0 Å². The number of esters is 3. The van der Waals surface area contributed by atoms with E-state index in [1.165, 1.54) is 0 Å². The van der Waals surface area contributed by atoms with Gasteiger partial charge in [-0.25, -0.2) is 0 Å². The molecule has 0 aromatic heterocycles. The first kappa shape index (κ1) is 57.5. The number of ether oxygens (including phenoxy) is 3. The zero-order chi connectivity index (χ0) is 45.8. The molecule has 344 valence electrons. The number of hydrogen-bond donors (Lipinski definition) is 0. The average Bonchev–Trinajstić information content (AvgIpc) is 3.28. The Kier molecular flexibility index (Phi) is 44.9. The minimum Gasteiger partial charge on any atom is -0.462 e. The Labute approximate surface area is 383 Å². The molecule has 0 aliphatic rings. The summed E-state index contributed by atoms with van der Waals surface area (Å²) in [5.41, 5.74) is 0. The first-order valence-corrected chi connectivity index (χ1v) is 23.5. The number of allylic oxidation sites excluding steroid dienone is 30. The number of carbonyl (C=O) groups is 3. The molecular formula is C57H80O6. The standard InChI is InChI=1S/C57H80O6/c1-4-7-10-13-16-19-21-23-25-27-28-30-31-33-35-38-41-44-47-50-56(59)62-53-54(52-61-55(58)49-46-43-40-37-18-15-12-9-6-3)63-57(60)51-48-45-42-39-36-34-32-29-26-24-22-20-17-14-11-8-5-2/h7-14,16-37,54H,4-6,15,38-53H2,1-3H3/b10-7-,11-8-,12-9-,16-13-,17-14-,21-19-,22-20-,25-23-,26-24-,28-27+,31-30-,32-29+,35-33-,36-34-,37-18-. The normalized spacial score (nSPS) is 13.8. The van der Waals surface area contributed by atoms with Gasteiger partial charge in [0.25, 0.3) is 0 Å². The molecule has 0 saturated heterocycles. The average molecular weight is 861 g/mol. The van der Waals surface area contributed by atoms with E-state index in [1.807, 2.05) is 134 Å². The van der Waals surface area contributed by atoms with Crippen LogP contribution >= 0.6 is 0 Å². The van der Waals surface area contributed by atoms with Gasteiger partial charge in [0, 0.05) is 19.3 Å². The van der Waals surface area contributed by atoms with E-state index in [2.05, 4.69) is 69.4 Å². The van der Waals surface area contributed by atoms with Gasteiger partial charge in [-0.1, -0.05) is 216 Å². The summed E-state index contributed by atoms with van der Waals surface area (Å²) in [6, 6.07) is 0. The second-order valence-electron chi connectivity index (χ2n) is 14.5. The van der Waals surface area contributed by atoms with Crippen LogP contribution < -0.4 is 0 Å². The maximum absolute atomic E-state index is 12.7. The Hall–Kier alpha value is -5.49. The molecule has 0 bridgehead atoms. The van der Waals surface area contributed by atoms with E-state index < -0.39 is 6.10 Å². The monoisotopic (exact) mass is 861 g/mol. The van der Waals surface area contributed by atoms with E-state index in [0.717, 1.165) is 77.0 Å². The molecular weight excluding hydrogens is 781 g/mol. The highest BCUT2D eigenvalue weighted by molar-refractivity contribution is 5.71. The molecule has 0 aromatic carbocycles. The lowest BCUT2D eigenvalue weighted by molar-refractivity contribution is -0.167. The summed E-state index contributed by atoms with van der Waals surface area (Å²) < 4.78 is 16.6. The second kappa shape index (κ2) is 49.2. The summed E-state index contributed by atoms with van der Waals surface area (Å²) in [6.45, 7) is 6.06. The lowest BCUT2D eigenvalue weighted by atomic mass is 10.1. The van der Waals surface area contributed by atoms with Crippen LogP contribution in [0.15, 0.2) is 182 Å².